The zero-order valence-electron chi connectivity index (χ0n) is 17.8. The van der Waals surface area contributed by atoms with Crippen LogP contribution in [0.25, 0.3) is 17.1 Å². The lowest BCUT2D eigenvalue weighted by Crippen LogP contribution is -2.42. The predicted molar refractivity (Wildman–Crippen MR) is 120 cm³/mol. The summed E-state index contributed by atoms with van der Waals surface area (Å²) < 4.78 is 7.24. The first-order valence-electron chi connectivity index (χ1n) is 9.74. The highest BCUT2D eigenvalue weighted by Crippen LogP contribution is 2.33. The highest BCUT2D eigenvalue weighted by atomic mass is 32.2. The van der Waals surface area contributed by atoms with Crippen molar-refractivity contribution in [2.45, 2.75) is 31.2 Å². The number of methoxy groups -OCH3 is 1. The van der Waals surface area contributed by atoms with Crippen LogP contribution >= 0.6 is 11.8 Å². The molecule has 3 amide bonds. The number of imide groups is 1. The number of nitrogens with one attached hydrogen (secondary N) is 1. The second kappa shape index (κ2) is 9.65. The number of urea groups is 1. The summed E-state index contributed by atoms with van der Waals surface area (Å²) in [7, 11) is 1.61. The minimum atomic E-state index is -0.881. The summed E-state index contributed by atoms with van der Waals surface area (Å²) in [6.45, 7) is 5.80. The number of hydrogen-bond acceptors (Lipinski definition) is 6. The van der Waals surface area contributed by atoms with Gasteiger partial charge >= 0.3 is 6.03 Å². The van der Waals surface area contributed by atoms with Crippen LogP contribution in [0.2, 0.25) is 0 Å². The number of aromatic nitrogens is 3. The molecule has 0 aliphatic rings. The molecule has 0 spiro atoms. The highest BCUT2D eigenvalue weighted by molar-refractivity contribution is 8.00. The normalized spacial score (nSPS) is 11.9. The molecule has 0 aliphatic heterocycles. The number of carbonyl (C=O) groups excluding carboxylic acids is 2. The Balaban J connectivity index is 2.09. The second-order valence-electron chi connectivity index (χ2n) is 7.35. The molecule has 3 N–H and O–H groups in total. The maximum atomic E-state index is 12.5. The molecule has 0 aliphatic carbocycles. The van der Waals surface area contributed by atoms with Crippen molar-refractivity contribution in [2.75, 3.05) is 7.11 Å². The number of thioether (sulfide) groups is 1. The molecule has 3 rings (SSSR count). The van der Waals surface area contributed by atoms with E-state index >= 15 is 0 Å². The van der Waals surface area contributed by atoms with Gasteiger partial charge in [-0.05, 0) is 37.1 Å². The fourth-order valence-electron chi connectivity index (χ4n) is 3.02. The first kappa shape index (κ1) is 22.4. The maximum absolute atomic E-state index is 12.5. The largest absolute Gasteiger partial charge is 0.497 e. The monoisotopic (exact) mass is 439 g/mol. The molecule has 8 nitrogen and oxygen atoms in total. The van der Waals surface area contributed by atoms with Gasteiger partial charge in [0.2, 0.25) is 5.91 Å². The number of carbonyl (C=O) groups is 2. The summed E-state index contributed by atoms with van der Waals surface area (Å²) in [6, 6.07) is 14.6. The molecule has 1 aromatic heterocycles. The lowest BCUT2D eigenvalue weighted by Gasteiger charge is -2.19. The standard InChI is InChI=1S/C22H25N5O3S/c1-13(2)18(20(28)24-21(23)29)31-22-26-25-19(15-6-5-7-17(12-15)30-4)27(22)16-10-8-14(3)9-11-16/h5-13,18H,1-4H3,(H3,23,24,28,29)/t18-/m0/s1. The third-order valence-corrected chi connectivity index (χ3v) is 6.08. The molecule has 1 heterocycles. The summed E-state index contributed by atoms with van der Waals surface area (Å²) in [5.41, 5.74) is 7.94. The fraction of sp³-hybridized carbons (Fsp3) is 0.273. The number of amides is 3. The van der Waals surface area contributed by atoms with Gasteiger partial charge in [-0.1, -0.05) is 55.4 Å². The Morgan fingerprint density at radius 2 is 1.84 bits per heavy atom. The lowest BCUT2D eigenvalue weighted by molar-refractivity contribution is -0.120. The molecule has 0 fully saturated rings. The number of nitrogens with zero attached hydrogens (tertiary/aromatic N) is 3. The fourth-order valence-corrected chi connectivity index (χ4v) is 4.07. The molecule has 0 saturated heterocycles. The van der Waals surface area contributed by atoms with Crippen LogP contribution in [0.5, 0.6) is 5.75 Å². The van der Waals surface area contributed by atoms with Crippen LogP contribution < -0.4 is 15.8 Å². The zero-order valence-corrected chi connectivity index (χ0v) is 18.6. The van der Waals surface area contributed by atoms with Crippen LogP contribution in [0, 0.1) is 12.8 Å². The van der Waals surface area contributed by atoms with Crippen LogP contribution in [0.4, 0.5) is 4.79 Å². The van der Waals surface area contributed by atoms with E-state index in [1.54, 1.807) is 7.11 Å². The minimum Gasteiger partial charge on any atom is -0.497 e. The van der Waals surface area contributed by atoms with Gasteiger partial charge in [-0.15, -0.1) is 10.2 Å². The molecule has 3 aromatic rings. The number of ether oxygens (including phenoxy) is 1. The number of aryl methyl sites for hydroxylation is 1. The Labute approximate surface area is 185 Å². The van der Waals surface area contributed by atoms with E-state index in [0.717, 1.165) is 16.8 Å². The van der Waals surface area contributed by atoms with Crippen LogP contribution in [0.15, 0.2) is 53.7 Å². The van der Waals surface area contributed by atoms with E-state index < -0.39 is 17.2 Å². The van der Waals surface area contributed by atoms with Crippen molar-refractivity contribution >= 4 is 23.7 Å². The molecule has 9 heteroatoms. The topological polar surface area (TPSA) is 112 Å². The number of nitrogens with two attached hydrogens (primary N) is 1. The first-order chi connectivity index (χ1) is 14.8. The molecule has 1 atom stereocenters. The SMILES string of the molecule is COc1cccc(-c2nnc(S[C@H](C(=O)NC(N)=O)C(C)C)n2-c2ccc(C)cc2)c1. The van der Waals surface area contributed by atoms with Crippen molar-refractivity contribution in [3.05, 3.63) is 54.1 Å². The maximum Gasteiger partial charge on any atom is 0.318 e. The number of benzene rings is 2. The van der Waals surface area contributed by atoms with Crippen molar-refractivity contribution in [1.29, 1.82) is 0 Å². The first-order valence-corrected chi connectivity index (χ1v) is 10.6. The molecular formula is C22H25N5O3S. The Morgan fingerprint density at radius 1 is 1.13 bits per heavy atom. The van der Waals surface area contributed by atoms with Gasteiger partial charge in [0.05, 0.1) is 12.4 Å². The average molecular weight is 440 g/mol. The van der Waals surface area contributed by atoms with Gasteiger partial charge in [-0.2, -0.15) is 0 Å². The van der Waals surface area contributed by atoms with E-state index in [0.29, 0.717) is 16.7 Å². The highest BCUT2D eigenvalue weighted by Gasteiger charge is 2.28. The van der Waals surface area contributed by atoms with Gasteiger partial charge in [0.25, 0.3) is 0 Å². The van der Waals surface area contributed by atoms with Crippen molar-refractivity contribution in [1.82, 2.24) is 20.1 Å². The third kappa shape index (κ3) is 5.24. The molecule has 0 saturated carbocycles. The summed E-state index contributed by atoms with van der Waals surface area (Å²) in [6.07, 6.45) is 0. The molecule has 0 bridgehead atoms. The van der Waals surface area contributed by atoms with Gasteiger partial charge in [0, 0.05) is 11.3 Å². The van der Waals surface area contributed by atoms with Gasteiger partial charge < -0.3 is 10.5 Å². The summed E-state index contributed by atoms with van der Waals surface area (Å²) >= 11 is 1.24. The van der Waals surface area contributed by atoms with Crippen molar-refractivity contribution in [2.24, 2.45) is 11.7 Å². The second-order valence-corrected chi connectivity index (χ2v) is 8.45. The number of hydrogen-bond donors (Lipinski definition) is 2. The summed E-state index contributed by atoms with van der Waals surface area (Å²) in [4.78, 5) is 23.7. The molecule has 0 radical (unpaired) electrons. The van der Waals surface area contributed by atoms with Crippen LogP contribution in [0.3, 0.4) is 0 Å². The number of rotatable bonds is 7. The third-order valence-electron chi connectivity index (χ3n) is 4.60. The molecule has 162 valence electrons. The molecule has 2 aromatic carbocycles. The summed E-state index contributed by atoms with van der Waals surface area (Å²) in [5.74, 6) is 0.774. The quantitative estimate of drug-likeness (QED) is 0.545. The van der Waals surface area contributed by atoms with Gasteiger partial charge in [0.1, 0.15) is 5.75 Å². The van der Waals surface area contributed by atoms with Gasteiger partial charge in [0.15, 0.2) is 11.0 Å². The van der Waals surface area contributed by atoms with Crippen molar-refractivity contribution in [3.63, 3.8) is 0 Å². The smallest absolute Gasteiger partial charge is 0.318 e. The predicted octanol–water partition coefficient (Wildman–Crippen LogP) is 3.56. The lowest BCUT2D eigenvalue weighted by atomic mass is 10.1. The number of primary amides is 1. The zero-order chi connectivity index (χ0) is 22.5. The van der Waals surface area contributed by atoms with Crippen LogP contribution in [-0.2, 0) is 4.79 Å². The van der Waals surface area contributed by atoms with Gasteiger partial charge in [-0.25, -0.2) is 4.79 Å². The van der Waals surface area contributed by atoms with Gasteiger partial charge in [-0.3, -0.25) is 14.7 Å². The minimum absolute atomic E-state index is 0.0761. The summed E-state index contributed by atoms with van der Waals surface area (Å²) in [5, 5.41) is 10.9. The van der Waals surface area contributed by atoms with E-state index in [4.69, 9.17) is 10.5 Å². The van der Waals surface area contributed by atoms with E-state index in [2.05, 4.69) is 15.5 Å². The van der Waals surface area contributed by atoms with Crippen LogP contribution in [0.1, 0.15) is 19.4 Å². The van der Waals surface area contributed by atoms with E-state index in [-0.39, 0.29) is 5.92 Å². The van der Waals surface area contributed by atoms with E-state index in [1.807, 2.05) is 73.9 Å². The Kier molecular flexibility index (Phi) is 6.96. The van der Waals surface area contributed by atoms with Crippen LogP contribution in [-0.4, -0.2) is 39.1 Å². The van der Waals surface area contributed by atoms with Crippen molar-refractivity contribution < 1.29 is 14.3 Å². The molecular weight excluding hydrogens is 414 g/mol. The van der Waals surface area contributed by atoms with Crippen molar-refractivity contribution in [3.8, 4) is 22.8 Å². The molecule has 0 unspecified atom stereocenters. The average Bonchev–Trinajstić information content (AvgIpc) is 3.15. The Morgan fingerprint density at radius 3 is 2.45 bits per heavy atom. The Bertz CT molecular complexity index is 1080. The molecule has 31 heavy (non-hydrogen) atoms. The van der Waals surface area contributed by atoms with E-state index in [1.165, 1.54) is 11.8 Å². The Hall–Kier alpha value is -3.33. The van der Waals surface area contributed by atoms with E-state index in [9.17, 15) is 9.59 Å².